The van der Waals surface area contributed by atoms with Gasteiger partial charge in [-0.2, -0.15) is 0 Å². The minimum Gasteiger partial charge on any atom is -0.478 e. The maximum atomic E-state index is 12.3. The van der Waals surface area contributed by atoms with E-state index >= 15 is 0 Å². The number of carboxylic acids is 1. The predicted octanol–water partition coefficient (Wildman–Crippen LogP) is 2.26. The number of pyridine rings is 1. The smallest absolute Gasteiger partial charge is 0.335 e. The molecule has 4 heteroatoms. The van der Waals surface area contributed by atoms with E-state index in [0.717, 1.165) is 5.69 Å². The third-order valence-corrected chi connectivity index (χ3v) is 2.91. The van der Waals surface area contributed by atoms with E-state index in [2.05, 4.69) is 11.6 Å². The highest BCUT2D eigenvalue weighted by Gasteiger charge is 2.10. The summed E-state index contributed by atoms with van der Waals surface area (Å²) in [4.78, 5) is 26.3. The summed E-state index contributed by atoms with van der Waals surface area (Å²) in [5, 5.41) is 9.33. The molecule has 18 heavy (non-hydrogen) atoms. The molecule has 1 heterocycles. The van der Waals surface area contributed by atoms with E-state index in [9.17, 15) is 9.59 Å². The Hall–Kier alpha value is -2.36. The second-order valence-corrected chi connectivity index (χ2v) is 4.12. The number of aromatic amines is 1. The first-order valence-corrected chi connectivity index (χ1v) is 5.54. The van der Waals surface area contributed by atoms with Crippen LogP contribution < -0.4 is 5.43 Å². The summed E-state index contributed by atoms with van der Waals surface area (Å²) in [6.45, 7) is 5.44. The molecule has 4 nitrogen and oxygen atoms in total. The zero-order valence-corrected chi connectivity index (χ0v) is 9.99. The molecule has 0 aliphatic heterocycles. The highest BCUT2D eigenvalue weighted by atomic mass is 16.4. The monoisotopic (exact) mass is 243 g/mol. The number of aromatic nitrogens is 1. The average molecular weight is 243 g/mol. The lowest BCUT2D eigenvalue weighted by molar-refractivity contribution is 0.0697. The van der Waals surface area contributed by atoms with Crippen molar-refractivity contribution in [1.82, 2.24) is 4.98 Å². The van der Waals surface area contributed by atoms with Crippen LogP contribution in [0.3, 0.4) is 0 Å². The molecule has 0 aliphatic rings. The fraction of sp³-hybridized carbons (Fsp3) is 0.143. The Morgan fingerprint density at radius 2 is 2.22 bits per heavy atom. The normalized spacial score (nSPS) is 10.5. The number of carboxylic acid groups (broad SMARTS) is 1. The predicted molar refractivity (Wildman–Crippen MR) is 70.2 cm³/mol. The molecule has 0 bridgehead atoms. The summed E-state index contributed by atoms with van der Waals surface area (Å²) in [6.07, 6.45) is 2.12. The van der Waals surface area contributed by atoms with Gasteiger partial charge in [0.15, 0.2) is 5.43 Å². The molecule has 0 unspecified atom stereocenters. The highest BCUT2D eigenvalue weighted by Crippen LogP contribution is 2.14. The molecular formula is C14H13NO3. The minimum atomic E-state index is -1.04. The number of hydrogen-bond acceptors (Lipinski definition) is 2. The fourth-order valence-corrected chi connectivity index (χ4v) is 1.97. The van der Waals surface area contributed by atoms with Crippen LogP contribution in [0, 0.1) is 6.92 Å². The minimum absolute atomic E-state index is 0.112. The van der Waals surface area contributed by atoms with Crippen LogP contribution in [0.2, 0.25) is 0 Å². The van der Waals surface area contributed by atoms with Crippen LogP contribution in [0.1, 0.15) is 21.6 Å². The summed E-state index contributed by atoms with van der Waals surface area (Å²) in [5.41, 5.74) is 2.04. The zero-order chi connectivity index (χ0) is 13.3. The van der Waals surface area contributed by atoms with Gasteiger partial charge in [0.05, 0.1) is 5.56 Å². The van der Waals surface area contributed by atoms with Gasteiger partial charge in [0, 0.05) is 22.2 Å². The first-order valence-electron chi connectivity index (χ1n) is 5.54. The van der Waals surface area contributed by atoms with Crippen LogP contribution in [-0.4, -0.2) is 16.1 Å². The molecule has 0 fully saturated rings. The second kappa shape index (κ2) is 4.49. The third kappa shape index (κ3) is 1.93. The molecule has 0 aliphatic carbocycles. The number of aromatic carboxylic acids is 1. The largest absolute Gasteiger partial charge is 0.478 e. The molecule has 0 saturated heterocycles. The van der Waals surface area contributed by atoms with Crippen molar-refractivity contribution in [1.29, 1.82) is 0 Å². The number of carbonyl (C=O) groups is 1. The molecule has 0 amide bonds. The van der Waals surface area contributed by atoms with Gasteiger partial charge in [-0.15, -0.1) is 6.58 Å². The van der Waals surface area contributed by atoms with Gasteiger partial charge in [0.1, 0.15) is 0 Å². The van der Waals surface area contributed by atoms with Gasteiger partial charge >= 0.3 is 5.97 Å². The molecule has 0 atom stereocenters. The summed E-state index contributed by atoms with van der Waals surface area (Å²) >= 11 is 0. The van der Waals surface area contributed by atoms with Gasteiger partial charge < -0.3 is 10.1 Å². The van der Waals surface area contributed by atoms with Crippen LogP contribution in [0.25, 0.3) is 10.9 Å². The Kier molecular flexibility index (Phi) is 3.02. The molecular weight excluding hydrogens is 230 g/mol. The van der Waals surface area contributed by atoms with Crippen molar-refractivity contribution in [2.45, 2.75) is 13.3 Å². The molecule has 2 aromatic rings. The summed E-state index contributed by atoms with van der Waals surface area (Å²) in [5.74, 6) is -1.04. The molecule has 1 aromatic carbocycles. The molecule has 2 N–H and O–H groups in total. The molecule has 0 saturated carbocycles. The number of benzene rings is 1. The molecule has 2 rings (SSSR count). The number of nitrogens with one attached hydrogen (secondary N) is 1. The number of hydrogen-bond donors (Lipinski definition) is 2. The van der Waals surface area contributed by atoms with E-state index < -0.39 is 5.97 Å². The maximum absolute atomic E-state index is 12.3. The topological polar surface area (TPSA) is 70.2 Å². The van der Waals surface area contributed by atoms with Gasteiger partial charge in [0.25, 0.3) is 0 Å². The van der Waals surface area contributed by atoms with Crippen molar-refractivity contribution in [3.8, 4) is 0 Å². The Morgan fingerprint density at radius 1 is 1.50 bits per heavy atom. The molecule has 0 spiro atoms. The standard InChI is InChI=1S/C14H13NO3/c1-3-4-10-8(2)15-12-6-5-9(14(17)18)7-11(12)13(10)16/h3,5-7H,1,4H2,2H3,(H,15,16)(H,17,18). The van der Waals surface area contributed by atoms with Gasteiger partial charge in [-0.3, -0.25) is 4.79 Å². The van der Waals surface area contributed by atoms with Crippen LogP contribution in [0.4, 0.5) is 0 Å². The van der Waals surface area contributed by atoms with Gasteiger partial charge in [-0.25, -0.2) is 4.79 Å². The lowest BCUT2D eigenvalue weighted by atomic mass is 10.0. The van der Waals surface area contributed by atoms with Gasteiger partial charge in [-0.1, -0.05) is 6.08 Å². The van der Waals surface area contributed by atoms with E-state index in [1.807, 2.05) is 6.92 Å². The van der Waals surface area contributed by atoms with Crippen molar-refractivity contribution in [2.75, 3.05) is 0 Å². The van der Waals surface area contributed by atoms with E-state index in [-0.39, 0.29) is 11.0 Å². The SMILES string of the molecule is C=CCc1c(C)[nH]c2ccc(C(=O)O)cc2c1=O. The molecule has 1 aromatic heterocycles. The van der Waals surface area contributed by atoms with Crippen molar-refractivity contribution >= 4 is 16.9 Å². The quantitative estimate of drug-likeness (QED) is 0.812. The van der Waals surface area contributed by atoms with Crippen LogP contribution >= 0.6 is 0 Å². The number of rotatable bonds is 3. The zero-order valence-electron chi connectivity index (χ0n) is 9.99. The Labute approximate surface area is 104 Å². The van der Waals surface area contributed by atoms with Crippen LogP contribution in [-0.2, 0) is 6.42 Å². The van der Waals surface area contributed by atoms with Crippen LogP contribution in [0.15, 0.2) is 35.6 Å². The lowest BCUT2D eigenvalue weighted by Gasteiger charge is -2.06. The highest BCUT2D eigenvalue weighted by molar-refractivity contribution is 5.93. The van der Waals surface area contributed by atoms with Crippen molar-refractivity contribution in [2.24, 2.45) is 0 Å². The Bertz CT molecular complexity index is 698. The molecule has 92 valence electrons. The van der Waals surface area contributed by atoms with Gasteiger partial charge in [0.2, 0.25) is 0 Å². The van der Waals surface area contributed by atoms with E-state index in [1.165, 1.54) is 12.1 Å². The molecule has 0 radical (unpaired) electrons. The first-order chi connectivity index (χ1) is 8.54. The second-order valence-electron chi connectivity index (χ2n) is 4.12. The number of H-pyrrole nitrogens is 1. The van der Waals surface area contributed by atoms with E-state index in [1.54, 1.807) is 12.1 Å². The first kappa shape index (κ1) is 12.1. The summed E-state index contributed by atoms with van der Waals surface area (Å²) in [6, 6.07) is 4.50. The Morgan fingerprint density at radius 3 is 2.83 bits per heavy atom. The van der Waals surface area contributed by atoms with Crippen LogP contribution in [0.5, 0.6) is 0 Å². The fourth-order valence-electron chi connectivity index (χ4n) is 1.97. The summed E-state index contributed by atoms with van der Waals surface area (Å²) in [7, 11) is 0. The third-order valence-electron chi connectivity index (χ3n) is 2.91. The van der Waals surface area contributed by atoms with Crippen molar-refractivity contribution in [3.63, 3.8) is 0 Å². The lowest BCUT2D eigenvalue weighted by Crippen LogP contribution is -2.13. The Balaban J connectivity index is 2.81. The number of fused-ring (bicyclic) bond motifs is 1. The number of allylic oxidation sites excluding steroid dienone is 1. The van der Waals surface area contributed by atoms with Gasteiger partial charge in [-0.05, 0) is 31.5 Å². The van der Waals surface area contributed by atoms with Crippen molar-refractivity contribution in [3.05, 3.63) is 57.9 Å². The average Bonchev–Trinajstić information content (AvgIpc) is 2.34. The summed E-state index contributed by atoms with van der Waals surface area (Å²) < 4.78 is 0. The van der Waals surface area contributed by atoms with E-state index in [4.69, 9.17) is 5.11 Å². The van der Waals surface area contributed by atoms with Crippen molar-refractivity contribution < 1.29 is 9.90 Å². The number of aryl methyl sites for hydroxylation is 1. The maximum Gasteiger partial charge on any atom is 0.335 e. The van der Waals surface area contributed by atoms with E-state index in [0.29, 0.717) is 22.9 Å².